The maximum Gasteiger partial charge on any atom is 0.321 e. The van der Waals surface area contributed by atoms with Crippen LogP contribution in [0.25, 0.3) is 0 Å². The minimum Gasteiger partial charge on any atom is -0.322 e. The van der Waals surface area contributed by atoms with Crippen molar-refractivity contribution in [3.05, 3.63) is 21.9 Å². The summed E-state index contributed by atoms with van der Waals surface area (Å²) in [6, 6.07) is 4.08. The van der Waals surface area contributed by atoms with Gasteiger partial charge in [-0.15, -0.1) is 11.3 Å². The Morgan fingerprint density at radius 3 is 2.20 bits per heavy atom. The van der Waals surface area contributed by atoms with Gasteiger partial charge in [0.2, 0.25) is 0 Å². The van der Waals surface area contributed by atoms with Gasteiger partial charge >= 0.3 is 5.97 Å². The van der Waals surface area contributed by atoms with Gasteiger partial charge in [-0.3, -0.25) is 0 Å². The molecule has 0 aliphatic carbocycles. The number of aryl methyl sites for hydroxylation is 1. The minimum atomic E-state index is -0.906. The van der Waals surface area contributed by atoms with E-state index in [2.05, 4.69) is 19.9 Å². The van der Waals surface area contributed by atoms with Crippen molar-refractivity contribution in [2.45, 2.75) is 19.8 Å². The van der Waals surface area contributed by atoms with Crippen LogP contribution in [-0.2, 0) is 20.2 Å². The van der Waals surface area contributed by atoms with Crippen molar-refractivity contribution in [3.63, 3.8) is 0 Å². The molecule has 0 saturated carbocycles. The first-order chi connectivity index (χ1) is 7.12. The molecule has 82 valence electrons. The number of thiophene rings is 1. The SMILES string of the molecule is Cc1ccc(C23OCC(C)(CO2)CO3)s1. The van der Waals surface area contributed by atoms with Crippen LogP contribution in [-0.4, -0.2) is 19.8 Å². The molecule has 0 aromatic carbocycles. The van der Waals surface area contributed by atoms with E-state index in [0.717, 1.165) is 4.88 Å². The van der Waals surface area contributed by atoms with Crippen molar-refractivity contribution in [1.82, 2.24) is 0 Å². The summed E-state index contributed by atoms with van der Waals surface area (Å²) in [7, 11) is 0. The Morgan fingerprint density at radius 2 is 1.73 bits per heavy atom. The average Bonchev–Trinajstić information content (AvgIpc) is 2.67. The molecule has 1 aromatic rings. The van der Waals surface area contributed by atoms with Crippen LogP contribution in [0.2, 0.25) is 0 Å². The Bertz CT molecular complexity index is 360. The Balaban J connectivity index is 1.93. The van der Waals surface area contributed by atoms with Gasteiger partial charge in [-0.2, -0.15) is 0 Å². The Morgan fingerprint density at radius 1 is 1.13 bits per heavy atom. The zero-order valence-corrected chi connectivity index (χ0v) is 9.73. The van der Waals surface area contributed by atoms with E-state index in [1.54, 1.807) is 11.3 Å². The Hall–Kier alpha value is -0.420. The molecule has 0 unspecified atom stereocenters. The molecule has 2 bridgehead atoms. The summed E-state index contributed by atoms with van der Waals surface area (Å²) >= 11 is 1.67. The largest absolute Gasteiger partial charge is 0.322 e. The van der Waals surface area contributed by atoms with Gasteiger partial charge in [0.25, 0.3) is 0 Å². The zero-order valence-electron chi connectivity index (χ0n) is 8.91. The normalized spacial score (nSPS) is 39.6. The van der Waals surface area contributed by atoms with Crippen LogP contribution in [0.5, 0.6) is 0 Å². The molecule has 0 spiro atoms. The summed E-state index contributed by atoms with van der Waals surface area (Å²) in [5.41, 5.74) is 0.0358. The van der Waals surface area contributed by atoms with Gasteiger partial charge in [0.15, 0.2) is 0 Å². The molecule has 4 heteroatoms. The molecule has 4 heterocycles. The summed E-state index contributed by atoms with van der Waals surface area (Å²) < 4.78 is 17.2. The van der Waals surface area contributed by atoms with Gasteiger partial charge in [0.05, 0.1) is 24.7 Å². The lowest BCUT2D eigenvalue weighted by atomic mass is 9.92. The standard InChI is InChI=1S/C11H14O3S/c1-8-3-4-9(15-8)11-12-5-10(2,6-13-11)7-14-11/h3-4H,5-7H2,1-2H3. The molecular formula is C11H14O3S. The van der Waals surface area contributed by atoms with Crippen molar-refractivity contribution >= 4 is 11.3 Å². The third-order valence-corrected chi connectivity index (χ3v) is 3.94. The highest BCUT2D eigenvalue weighted by Gasteiger charge is 2.52. The molecule has 3 nitrogen and oxygen atoms in total. The lowest BCUT2D eigenvalue weighted by Gasteiger charge is -2.49. The first-order valence-corrected chi connectivity index (χ1v) is 5.92. The Labute approximate surface area is 93.0 Å². The van der Waals surface area contributed by atoms with Gasteiger partial charge in [-0.05, 0) is 19.1 Å². The second-order valence-electron chi connectivity index (χ2n) is 4.64. The van der Waals surface area contributed by atoms with Crippen LogP contribution in [0.4, 0.5) is 0 Å². The monoisotopic (exact) mass is 226 g/mol. The van der Waals surface area contributed by atoms with Gasteiger partial charge in [-0.25, -0.2) is 0 Å². The third-order valence-electron chi connectivity index (χ3n) is 2.87. The number of rotatable bonds is 1. The van der Waals surface area contributed by atoms with Gasteiger partial charge in [0.1, 0.15) is 0 Å². The molecule has 0 radical (unpaired) electrons. The fourth-order valence-corrected chi connectivity index (χ4v) is 2.79. The fourth-order valence-electron chi connectivity index (χ4n) is 1.87. The highest BCUT2D eigenvalue weighted by atomic mass is 32.1. The summed E-state index contributed by atoms with van der Waals surface area (Å²) in [5, 5.41) is 0. The number of hydrogen-bond donors (Lipinski definition) is 0. The minimum absolute atomic E-state index is 0.0358. The van der Waals surface area contributed by atoms with Crippen LogP contribution in [0.15, 0.2) is 12.1 Å². The van der Waals surface area contributed by atoms with E-state index in [4.69, 9.17) is 14.2 Å². The van der Waals surface area contributed by atoms with Crippen LogP contribution in [0.1, 0.15) is 16.7 Å². The quantitative estimate of drug-likeness (QED) is 0.735. The van der Waals surface area contributed by atoms with Crippen molar-refractivity contribution < 1.29 is 14.2 Å². The molecule has 3 fully saturated rings. The first-order valence-electron chi connectivity index (χ1n) is 5.11. The predicted octanol–water partition coefficient (Wildman–Crippen LogP) is 2.25. The Kier molecular flexibility index (Phi) is 1.98. The topological polar surface area (TPSA) is 27.7 Å². The van der Waals surface area contributed by atoms with Crippen molar-refractivity contribution in [1.29, 1.82) is 0 Å². The van der Waals surface area contributed by atoms with E-state index in [-0.39, 0.29) is 5.41 Å². The fraction of sp³-hybridized carbons (Fsp3) is 0.636. The zero-order chi connectivity index (χ0) is 10.5. The molecule has 0 amide bonds. The second-order valence-corrected chi connectivity index (χ2v) is 5.93. The van der Waals surface area contributed by atoms with E-state index in [9.17, 15) is 0 Å². The average molecular weight is 226 g/mol. The first kappa shape index (κ1) is 9.78. The van der Waals surface area contributed by atoms with Crippen molar-refractivity contribution in [2.75, 3.05) is 19.8 Å². The number of fused-ring (bicyclic) bond motifs is 3. The smallest absolute Gasteiger partial charge is 0.321 e. The molecule has 0 N–H and O–H groups in total. The van der Waals surface area contributed by atoms with Gasteiger partial charge < -0.3 is 14.2 Å². The number of hydrogen-bond acceptors (Lipinski definition) is 4. The van der Waals surface area contributed by atoms with E-state index >= 15 is 0 Å². The summed E-state index contributed by atoms with van der Waals surface area (Å²) in [6.45, 7) is 6.33. The summed E-state index contributed by atoms with van der Waals surface area (Å²) in [6.07, 6.45) is 0. The molecular weight excluding hydrogens is 212 g/mol. The van der Waals surface area contributed by atoms with E-state index in [1.807, 2.05) is 6.07 Å². The maximum atomic E-state index is 5.73. The van der Waals surface area contributed by atoms with Crippen molar-refractivity contribution in [2.24, 2.45) is 5.41 Å². The van der Waals surface area contributed by atoms with Gasteiger partial charge in [-0.1, -0.05) is 6.92 Å². The number of ether oxygens (including phenoxy) is 3. The lowest BCUT2D eigenvalue weighted by Crippen LogP contribution is -2.56. The van der Waals surface area contributed by atoms with Crippen molar-refractivity contribution in [3.8, 4) is 0 Å². The van der Waals surface area contributed by atoms with Crippen LogP contribution in [0.3, 0.4) is 0 Å². The predicted molar refractivity (Wildman–Crippen MR) is 56.7 cm³/mol. The van der Waals surface area contributed by atoms with E-state index in [0.29, 0.717) is 19.8 Å². The molecule has 0 atom stereocenters. The third kappa shape index (κ3) is 1.44. The molecule has 3 saturated heterocycles. The molecule has 3 aliphatic heterocycles. The highest BCUT2D eigenvalue weighted by molar-refractivity contribution is 7.12. The van der Waals surface area contributed by atoms with E-state index in [1.165, 1.54) is 4.88 Å². The lowest BCUT2D eigenvalue weighted by molar-refractivity contribution is -0.476. The van der Waals surface area contributed by atoms with Crippen LogP contribution in [0, 0.1) is 12.3 Å². The molecule has 15 heavy (non-hydrogen) atoms. The van der Waals surface area contributed by atoms with Gasteiger partial charge in [0, 0.05) is 10.3 Å². The molecule has 1 aromatic heterocycles. The van der Waals surface area contributed by atoms with Crippen LogP contribution >= 0.6 is 11.3 Å². The molecule has 4 rings (SSSR count). The summed E-state index contributed by atoms with van der Waals surface area (Å²) in [4.78, 5) is 2.26. The van der Waals surface area contributed by atoms with E-state index < -0.39 is 5.97 Å². The molecule has 3 aliphatic rings. The highest BCUT2D eigenvalue weighted by Crippen LogP contribution is 2.45. The maximum absolute atomic E-state index is 5.73. The summed E-state index contributed by atoms with van der Waals surface area (Å²) in [5.74, 6) is -0.906. The van der Waals surface area contributed by atoms with Crippen LogP contribution < -0.4 is 0 Å². The second kappa shape index (κ2) is 3.04.